The van der Waals surface area contributed by atoms with Gasteiger partial charge in [0.2, 0.25) is 0 Å². The molecule has 0 saturated heterocycles. The van der Waals surface area contributed by atoms with Gasteiger partial charge in [-0.05, 0) is 81.4 Å². The van der Waals surface area contributed by atoms with Crippen molar-refractivity contribution in [2.45, 2.75) is 59.8 Å². The van der Waals surface area contributed by atoms with Crippen molar-refractivity contribution in [1.82, 2.24) is 5.32 Å². The summed E-state index contributed by atoms with van der Waals surface area (Å²) in [6, 6.07) is 14.2. The number of rotatable bonds is 8. The first kappa shape index (κ1) is 24.5. The Bertz CT molecular complexity index is 1040. The predicted molar refractivity (Wildman–Crippen MR) is 141 cm³/mol. The summed E-state index contributed by atoms with van der Waals surface area (Å²) >= 11 is 0. The minimum atomic E-state index is 0.0120. The minimum absolute atomic E-state index is 0.0120. The molecular weight excluding hydrogens is 406 g/mol. The summed E-state index contributed by atoms with van der Waals surface area (Å²) in [5, 5.41) is 6.45. The van der Waals surface area contributed by atoms with Crippen LogP contribution in [0.4, 0.5) is 5.69 Å². The van der Waals surface area contributed by atoms with Crippen LogP contribution in [0.2, 0.25) is 0 Å². The number of carbonyl (C=O) groups excluding carboxylic acids is 1. The zero-order chi connectivity index (χ0) is 23.8. The number of anilines is 1. The Hall–Kier alpha value is -3.14. The molecule has 2 aromatic carbocycles. The van der Waals surface area contributed by atoms with Crippen molar-refractivity contribution in [3.63, 3.8) is 0 Å². The topological polar surface area (TPSA) is 53.5 Å². The third-order valence-corrected chi connectivity index (χ3v) is 6.44. The Morgan fingerprint density at radius 2 is 1.76 bits per heavy atom. The van der Waals surface area contributed by atoms with E-state index in [0.717, 1.165) is 45.9 Å². The number of hydrogen-bond donors (Lipinski definition) is 2. The number of allylic oxidation sites excluding steroid dienone is 2. The van der Waals surface area contributed by atoms with Crippen molar-refractivity contribution in [1.29, 1.82) is 0 Å². The molecule has 0 spiro atoms. The molecule has 0 heterocycles. The van der Waals surface area contributed by atoms with Crippen LogP contribution in [-0.4, -0.2) is 18.2 Å². The summed E-state index contributed by atoms with van der Waals surface area (Å²) in [5.41, 5.74) is 7.61. The van der Waals surface area contributed by atoms with Crippen molar-refractivity contribution < 1.29 is 4.79 Å². The molecule has 0 bridgehead atoms. The van der Waals surface area contributed by atoms with Gasteiger partial charge in [-0.2, -0.15) is 0 Å². The summed E-state index contributed by atoms with van der Waals surface area (Å²) in [4.78, 5) is 17.2. The first-order valence-corrected chi connectivity index (χ1v) is 12.0. The lowest BCUT2D eigenvalue weighted by Crippen LogP contribution is -2.30. The standard InChI is InChI=1S/C29H37N3O/c1-20-11-13-26(14-12-20)22(3)18-30-23(4)24(5)32-27-15-16-28(21(2)17-27)29(33)31-19-25-9-7-6-8-10-25/h11-18,25,32H,5-10,19H2,1-4H3,(H,31,33)/b22-18+,30-23?. The first-order valence-electron chi connectivity index (χ1n) is 12.0. The van der Waals surface area contributed by atoms with Gasteiger partial charge in [0.15, 0.2) is 0 Å². The molecule has 4 nitrogen and oxygen atoms in total. The van der Waals surface area contributed by atoms with Crippen LogP contribution in [0.5, 0.6) is 0 Å². The second-order valence-electron chi connectivity index (χ2n) is 9.24. The lowest BCUT2D eigenvalue weighted by molar-refractivity contribution is 0.0943. The van der Waals surface area contributed by atoms with Gasteiger partial charge >= 0.3 is 0 Å². The van der Waals surface area contributed by atoms with Gasteiger partial charge in [0.25, 0.3) is 5.91 Å². The third kappa shape index (κ3) is 7.18. The summed E-state index contributed by atoms with van der Waals surface area (Å²) in [5.74, 6) is 0.635. The molecule has 2 aromatic rings. The summed E-state index contributed by atoms with van der Waals surface area (Å²) in [6.45, 7) is 13.0. The molecular formula is C29H37N3O. The van der Waals surface area contributed by atoms with Crippen molar-refractivity contribution in [3.8, 4) is 0 Å². The molecule has 2 N–H and O–H groups in total. The van der Waals surface area contributed by atoms with Crippen LogP contribution in [0.25, 0.3) is 5.57 Å². The van der Waals surface area contributed by atoms with Crippen LogP contribution >= 0.6 is 0 Å². The molecule has 1 aliphatic rings. The van der Waals surface area contributed by atoms with Gasteiger partial charge in [0, 0.05) is 24.0 Å². The SMILES string of the molecule is C=C(Nc1ccc(C(=O)NCC2CCCCC2)c(C)c1)C(C)=N/C=C(\C)c1ccc(C)cc1. The van der Waals surface area contributed by atoms with Crippen molar-refractivity contribution in [2.75, 3.05) is 11.9 Å². The molecule has 1 amide bonds. The Morgan fingerprint density at radius 1 is 1.06 bits per heavy atom. The number of aryl methyl sites for hydroxylation is 2. The van der Waals surface area contributed by atoms with E-state index < -0.39 is 0 Å². The number of amides is 1. The van der Waals surface area contributed by atoms with Crippen LogP contribution < -0.4 is 10.6 Å². The zero-order valence-electron chi connectivity index (χ0n) is 20.5. The van der Waals surface area contributed by atoms with E-state index in [4.69, 9.17) is 0 Å². The second kappa shape index (κ2) is 11.6. The quantitative estimate of drug-likeness (QED) is 0.429. The van der Waals surface area contributed by atoms with Gasteiger partial charge in [-0.3, -0.25) is 9.79 Å². The van der Waals surface area contributed by atoms with E-state index in [9.17, 15) is 4.79 Å². The van der Waals surface area contributed by atoms with Gasteiger partial charge in [-0.15, -0.1) is 0 Å². The van der Waals surface area contributed by atoms with E-state index in [2.05, 4.69) is 60.3 Å². The number of carbonyl (C=O) groups is 1. The zero-order valence-corrected chi connectivity index (χ0v) is 20.5. The van der Waals surface area contributed by atoms with Gasteiger partial charge in [-0.1, -0.05) is 55.7 Å². The highest BCUT2D eigenvalue weighted by atomic mass is 16.1. The van der Waals surface area contributed by atoms with Crippen LogP contribution in [-0.2, 0) is 0 Å². The molecule has 0 unspecified atom stereocenters. The Morgan fingerprint density at radius 3 is 2.42 bits per heavy atom. The average molecular weight is 444 g/mol. The lowest BCUT2D eigenvalue weighted by atomic mass is 9.89. The maximum Gasteiger partial charge on any atom is 0.251 e. The maximum absolute atomic E-state index is 12.7. The summed E-state index contributed by atoms with van der Waals surface area (Å²) in [6.07, 6.45) is 8.23. The monoisotopic (exact) mass is 443 g/mol. The average Bonchev–Trinajstić information content (AvgIpc) is 2.82. The van der Waals surface area contributed by atoms with Crippen molar-refractivity contribution in [2.24, 2.45) is 10.9 Å². The molecule has 0 aliphatic heterocycles. The van der Waals surface area contributed by atoms with E-state index in [1.54, 1.807) is 0 Å². The van der Waals surface area contributed by atoms with Gasteiger partial charge in [-0.25, -0.2) is 0 Å². The second-order valence-corrected chi connectivity index (χ2v) is 9.24. The molecule has 0 aromatic heterocycles. The predicted octanol–water partition coefficient (Wildman–Crippen LogP) is 7.06. The van der Waals surface area contributed by atoms with Crippen LogP contribution in [0, 0.1) is 19.8 Å². The normalized spacial score (nSPS) is 15.3. The van der Waals surface area contributed by atoms with E-state index in [1.165, 1.54) is 37.7 Å². The molecule has 4 heteroatoms. The Balaban J connectivity index is 1.58. The lowest BCUT2D eigenvalue weighted by Gasteiger charge is -2.22. The highest BCUT2D eigenvalue weighted by molar-refractivity contribution is 6.01. The smallest absolute Gasteiger partial charge is 0.251 e. The van der Waals surface area contributed by atoms with Gasteiger partial charge < -0.3 is 10.6 Å². The molecule has 0 atom stereocenters. The van der Waals surface area contributed by atoms with Gasteiger partial charge in [0.1, 0.15) is 0 Å². The first-order chi connectivity index (χ1) is 15.8. The molecule has 1 aliphatic carbocycles. The number of aliphatic imine (C=N–C) groups is 1. The Kier molecular flexibility index (Phi) is 8.65. The maximum atomic E-state index is 12.7. The Labute approximate surface area is 198 Å². The van der Waals surface area contributed by atoms with Gasteiger partial charge in [0.05, 0.1) is 11.4 Å². The molecule has 1 saturated carbocycles. The third-order valence-electron chi connectivity index (χ3n) is 6.44. The number of nitrogens with one attached hydrogen (secondary N) is 2. The largest absolute Gasteiger partial charge is 0.355 e. The fraction of sp³-hybridized carbons (Fsp3) is 0.379. The molecule has 1 fully saturated rings. The van der Waals surface area contributed by atoms with Crippen molar-refractivity contribution >= 4 is 22.9 Å². The molecule has 33 heavy (non-hydrogen) atoms. The number of hydrogen-bond acceptors (Lipinski definition) is 3. The van der Waals surface area contributed by atoms with E-state index in [-0.39, 0.29) is 5.91 Å². The van der Waals surface area contributed by atoms with Crippen LogP contribution in [0.3, 0.4) is 0 Å². The van der Waals surface area contributed by atoms with Crippen LogP contribution in [0.1, 0.15) is 73.0 Å². The van der Waals surface area contributed by atoms with E-state index >= 15 is 0 Å². The highest BCUT2D eigenvalue weighted by Crippen LogP contribution is 2.23. The summed E-state index contributed by atoms with van der Waals surface area (Å²) < 4.78 is 0. The molecule has 3 rings (SSSR count). The highest BCUT2D eigenvalue weighted by Gasteiger charge is 2.16. The number of benzene rings is 2. The van der Waals surface area contributed by atoms with Crippen LogP contribution in [0.15, 0.2) is 65.9 Å². The molecule has 0 radical (unpaired) electrons. The number of nitrogens with zero attached hydrogens (tertiary/aromatic N) is 1. The fourth-order valence-corrected chi connectivity index (χ4v) is 4.15. The summed E-state index contributed by atoms with van der Waals surface area (Å²) in [7, 11) is 0. The van der Waals surface area contributed by atoms with E-state index in [0.29, 0.717) is 5.92 Å². The minimum Gasteiger partial charge on any atom is -0.355 e. The van der Waals surface area contributed by atoms with Crippen molar-refractivity contribution in [3.05, 3.63) is 83.2 Å². The van der Waals surface area contributed by atoms with E-state index in [1.807, 2.05) is 38.2 Å². The fourth-order valence-electron chi connectivity index (χ4n) is 4.15. The molecule has 174 valence electrons.